The van der Waals surface area contributed by atoms with Gasteiger partial charge in [0.15, 0.2) is 0 Å². The zero-order valence-corrected chi connectivity index (χ0v) is 37.1. The van der Waals surface area contributed by atoms with Crippen LogP contribution in [-0.2, 0) is 33.9 Å². The Hall–Kier alpha value is -4.94. The summed E-state index contributed by atoms with van der Waals surface area (Å²) >= 11 is 0. The van der Waals surface area contributed by atoms with Crippen LogP contribution < -0.4 is 4.74 Å². The van der Waals surface area contributed by atoms with E-state index in [1.54, 1.807) is 43.5 Å². The number of fused-ring (bicyclic) bond motifs is 2. The number of methoxy groups -OCH3 is 1. The number of nitrogens with zero attached hydrogens (tertiary/aromatic N) is 2. The maximum Gasteiger partial charge on any atom is 0.123 e. The van der Waals surface area contributed by atoms with Gasteiger partial charge in [-0.2, -0.15) is 0 Å². The summed E-state index contributed by atoms with van der Waals surface area (Å²) in [4.78, 5) is 4.24. The normalized spacial score (nSPS) is 23.8. The summed E-state index contributed by atoms with van der Waals surface area (Å²) < 4.78 is 44.0. The third kappa shape index (κ3) is 11.4. The number of hydrogen-bond donors (Lipinski definition) is 3. The molecule has 0 spiro atoms. The number of hydrogen-bond acceptors (Lipinski definition) is 8. The fourth-order valence-electron chi connectivity index (χ4n) is 9.54. The fraction of sp³-hybridized carbons (Fsp3) is 0.396. The van der Waals surface area contributed by atoms with Crippen LogP contribution >= 0.6 is 0 Å². The molecule has 2 saturated carbocycles. The highest BCUT2D eigenvalue weighted by molar-refractivity contribution is 5.85. The molecule has 0 bridgehead atoms. The van der Waals surface area contributed by atoms with Gasteiger partial charge in [0.2, 0.25) is 0 Å². The van der Waals surface area contributed by atoms with E-state index in [0.717, 1.165) is 88.3 Å². The standard InChI is InChI=1S/C27H32FNO3.C26H30FNO3/c1-29(2)17-23-16-26(32-18-19-4-9-24(28)10-5-19)12-13-27(23,30)22-8-6-21-15-25(31-3)11-7-20(21)14-22;1-28(2)16-22-15-25(31-17-18-3-8-23(27)9-4-18)11-12-26(22,30)21-7-5-20-14-24(29)10-6-19(20)13-21/h4-11,14-15,23,26,30H,12-13,16-18H2,1-3H3;3-10,13-14,22,25,29-30H,11-12,15-17H2,1-2H3. The molecule has 2 fully saturated rings. The Morgan fingerprint density at radius 3 is 1.41 bits per heavy atom. The Labute approximate surface area is 370 Å². The van der Waals surface area contributed by atoms with E-state index in [4.69, 9.17) is 14.2 Å². The van der Waals surface area contributed by atoms with Crippen molar-refractivity contribution in [1.29, 1.82) is 0 Å². The van der Waals surface area contributed by atoms with Crippen molar-refractivity contribution in [2.45, 2.75) is 75.1 Å². The number of phenolic OH excluding ortho intramolecular Hbond substituents is 1. The molecule has 0 heterocycles. The summed E-state index contributed by atoms with van der Waals surface area (Å²) in [7, 11) is 9.78. The molecule has 0 amide bonds. The molecule has 2 aliphatic carbocycles. The average molecular weight is 861 g/mol. The molecular weight excluding hydrogens is 799 g/mol. The molecule has 8 rings (SSSR count). The Kier molecular flexibility index (Phi) is 14.8. The monoisotopic (exact) mass is 860 g/mol. The van der Waals surface area contributed by atoms with E-state index >= 15 is 0 Å². The van der Waals surface area contributed by atoms with Gasteiger partial charge in [0.1, 0.15) is 23.1 Å². The fourth-order valence-corrected chi connectivity index (χ4v) is 9.54. The second-order valence-electron chi connectivity index (χ2n) is 18.1. The summed E-state index contributed by atoms with van der Waals surface area (Å²) in [5.41, 5.74) is 1.93. The topological polar surface area (TPSA) is 94.9 Å². The van der Waals surface area contributed by atoms with Gasteiger partial charge in [-0.15, -0.1) is 0 Å². The minimum Gasteiger partial charge on any atom is -0.508 e. The van der Waals surface area contributed by atoms with E-state index in [2.05, 4.69) is 21.9 Å². The van der Waals surface area contributed by atoms with Crippen LogP contribution in [0.2, 0.25) is 0 Å². The number of rotatable bonds is 13. The summed E-state index contributed by atoms with van der Waals surface area (Å²) in [6.07, 6.45) is 4.43. The molecule has 8 nitrogen and oxygen atoms in total. The van der Waals surface area contributed by atoms with Crippen molar-refractivity contribution in [1.82, 2.24) is 9.80 Å². The van der Waals surface area contributed by atoms with Crippen molar-refractivity contribution in [3.8, 4) is 11.5 Å². The van der Waals surface area contributed by atoms with Gasteiger partial charge in [-0.1, -0.05) is 60.7 Å². The first kappa shape index (κ1) is 46.1. The molecular formula is C53H62F2N2O6. The van der Waals surface area contributed by atoms with Crippen molar-refractivity contribution in [2.75, 3.05) is 48.4 Å². The second-order valence-corrected chi connectivity index (χ2v) is 18.1. The van der Waals surface area contributed by atoms with Gasteiger partial charge in [-0.05, 0) is 171 Å². The van der Waals surface area contributed by atoms with Crippen molar-refractivity contribution in [2.24, 2.45) is 11.8 Å². The van der Waals surface area contributed by atoms with Crippen LogP contribution in [0.1, 0.15) is 60.8 Å². The van der Waals surface area contributed by atoms with Crippen LogP contribution in [0.5, 0.6) is 11.5 Å². The van der Waals surface area contributed by atoms with Crippen molar-refractivity contribution < 1.29 is 38.3 Å². The maximum absolute atomic E-state index is 13.2. The summed E-state index contributed by atoms with van der Waals surface area (Å²) in [5.74, 6) is 0.639. The minimum absolute atomic E-state index is 0.0176. The van der Waals surface area contributed by atoms with Gasteiger partial charge < -0.3 is 39.3 Å². The van der Waals surface area contributed by atoms with Crippen LogP contribution in [0.15, 0.2) is 121 Å². The van der Waals surface area contributed by atoms with E-state index in [1.807, 2.05) is 76.7 Å². The first-order valence-electron chi connectivity index (χ1n) is 22.0. The Balaban J connectivity index is 0.000000189. The molecule has 6 aromatic carbocycles. The number of aliphatic hydroxyl groups is 2. The van der Waals surface area contributed by atoms with Crippen LogP contribution in [0, 0.1) is 23.5 Å². The number of halogens is 2. The molecule has 6 unspecified atom stereocenters. The third-order valence-corrected chi connectivity index (χ3v) is 13.0. The summed E-state index contributed by atoms with van der Waals surface area (Å²) in [6.45, 7) is 2.42. The second kappa shape index (κ2) is 20.3. The van der Waals surface area contributed by atoms with Crippen LogP contribution in [0.4, 0.5) is 8.78 Å². The molecule has 6 aromatic rings. The lowest BCUT2D eigenvalue weighted by atomic mass is 9.70. The highest BCUT2D eigenvalue weighted by Gasteiger charge is 2.45. The molecule has 6 atom stereocenters. The average Bonchev–Trinajstić information content (AvgIpc) is 3.27. The lowest BCUT2D eigenvalue weighted by molar-refractivity contribution is -0.110. The largest absolute Gasteiger partial charge is 0.508 e. The van der Waals surface area contributed by atoms with Crippen LogP contribution in [0.25, 0.3) is 21.5 Å². The number of phenols is 1. The lowest BCUT2D eigenvalue weighted by Gasteiger charge is -2.44. The lowest BCUT2D eigenvalue weighted by Crippen LogP contribution is -2.46. The van der Waals surface area contributed by atoms with Crippen molar-refractivity contribution >= 4 is 21.5 Å². The van der Waals surface area contributed by atoms with Crippen molar-refractivity contribution in [3.63, 3.8) is 0 Å². The molecule has 3 N–H and O–H groups in total. The molecule has 334 valence electrons. The molecule has 0 radical (unpaired) electrons. The summed E-state index contributed by atoms with van der Waals surface area (Å²) in [6, 6.07) is 36.3. The molecule has 10 heteroatoms. The molecule has 63 heavy (non-hydrogen) atoms. The van der Waals surface area contributed by atoms with Crippen LogP contribution in [-0.4, -0.2) is 85.7 Å². The predicted molar refractivity (Wildman–Crippen MR) is 246 cm³/mol. The van der Waals surface area contributed by atoms with Crippen molar-refractivity contribution in [3.05, 3.63) is 155 Å². The Morgan fingerprint density at radius 2 is 0.968 bits per heavy atom. The Bertz CT molecular complexity index is 2430. The maximum atomic E-state index is 13.2. The van der Waals surface area contributed by atoms with Gasteiger partial charge in [0, 0.05) is 24.9 Å². The first-order valence-corrected chi connectivity index (χ1v) is 22.0. The zero-order valence-electron chi connectivity index (χ0n) is 37.1. The van der Waals surface area contributed by atoms with E-state index in [9.17, 15) is 24.1 Å². The Morgan fingerprint density at radius 1 is 0.556 bits per heavy atom. The zero-order chi connectivity index (χ0) is 44.7. The highest BCUT2D eigenvalue weighted by Crippen LogP contribution is 2.45. The van der Waals surface area contributed by atoms with Gasteiger partial charge in [-0.25, -0.2) is 8.78 Å². The smallest absolute Gasteiger partial charge is 0.123 e. The summed E-state index contributed by atoms with van der Waals surface area (Å²) in [5, 5.41) is 37.6. The highest BCUT2D eigenvalue weighted by atomic mass is 19.1. The van der Waals surface area contributed by atoms with Crippen LogP contribution in [0.3, 0.4) is 0 Å². The van der Waals surface area contributed by atoms with Gasteiger partial charge in [0.25, 0.3) is 0 Å². The molecule has 0 saturated heterocycles. The molecule has 0 aliphatic heterocycles. The molecule has 0 aromatic heterocycles. The first-order chi connectivity index (χ1) is 30.2. The molecule has 2 aliphatic rings. The van der Waals surface area contributed by atoms with E-state index < -0.39 is 11.2 Å². The quantitative estimate of drug-likeness (QED) is 0.106. The number of aromatic hydroxyl groups is 1. The van der Waals surface area contributed by atoms with Gasteiger partial charge in [0.05, 0.1) is 43.7 Å². The van der Waals surface area contributed by atoms with E-state index in [0.29, 0.717) is 26.1 Å². The van der Waals surface area contributed by atoms with Gasteiger partial charge >= 0.3 is 0 Å². The minimum atomic E-state index is -0.938. The number of ether oxygens (including phenoxy) is 3. The van der Waals surface area contributed by atoms with Gasteiger partial charge in [-0.3, -0.25) is 0 Å². The van der Waals surface area contributed by atoms with E-state index in [-0.39, 0.29) is 41.4 Å². The third-order valence-electron chi connectivity index (χ3n) is 13.0. The number of benzene rings is 6. The SMILES string of the molecule is CN(C)CC1CC(OCc2ccc(F)cc2)CCC1(O)c1ccc2cc(O)ccc2c1.COc1ccc2cc(C3(O)CCC(OCc4ccc(F)cc4)CC3CN(C)C)ccc2c1. The van der Waals surface area contributed by atoms with E-state index in [1.165, 1.54) is 24.3 Å². The predicted octanol–water partition coefficient (Wildman–Crippen LogP) is 9.94.